The second-order valence-electron chi connectivity index (χ2n) is 8.30. The molecule has 4 rings (SSSR count). The molecule has 0 bridgehead atoms. The number of benzene rings is 1. The van der Waals surface area contributed by atoms with E-state index in [9.17, 15) is 13.6 Å². The number of carbonyl (C=O) groups excluding carboxylic acids is 1. The van der Waals surface area contributed by atoms with Gasteiger partial charge in [-0.3, -0.25) is 4.79 Å². The molecular weight excluding hydrogens is 442 g/mol. The van der Waals surface area contributed by atoms with Crippen molar-refractivity contribution in [1.82, 2.24) is 15.0 Å². The van der Waals surface area contributed by atoms with Gasteiger partial charge in [-0.2, -0.15) is 8.78 Å². The number of pyridine rings is 1. The van der Waals surface area contributed by atoms with Crippen LogP contribution in [0.25, 0.3) is 11.1 Å². The van der Waals surface area contributed by atoms with Gasteiger partial charge in [0.05, 0.1) is 12.7 Å². The van der Waals surface area contributed by atoms with E-state index in [2.05, 4.69) is 19.7 Å². The van der Waals surface area contributed by atoms with Gasteiger partial charge in [-0.1, -0.05) is 12.1 Å². The van der Waals surface area contributed by atoms with E-state index in [-0.39, 0.29) is 37.0 Å². The first-order valence-corrected chi connectivity index (χ1v) is 11.1. The Bertz CT molecular complexity index is 1080. The monoisotopic (exact) mass is 468 g/mol. The quantitative estimate of drug-likeness (QED) is 0.429. The molecule has 0 spiro atoms. The lowest BCUT2D eigenvalue weighted by Crippen LogP contribution is -2.36. The van der Waals surface area contributed by atoms with Gasteiger partial charge in [-0.25, -0.2) is 15.0 Å². The highest BCUT2D eigenvalue weighted by atomic mass is 19.3. The second-order valence-corrected chi connectivity index (χ2v) is 8.30. The summed E-state index contributed by atoms with van der Waals surface area (Å²) >= 11 is 0. The Balaban J connectivity index is 1.49. The van der Waals surface area contributed by atoms with E-state index in [4.69, 9.17) is 4.74 Å². The predicted molar refractivity (Wildman–Crippen MR) is 123 cm³/mol. The zero-order valence-corrected chi connectivity index (χ0v) is 19.0. The lowest BCUT2D eigenvalue weighted by atomic mass is 10.1. The molecule has 2 aromatic heterocycles. The minimum atomic E-state index is -2.89. The summed E-state index contributed by atoms with van der Waals surface area (Å²) in [5.74, 6) is 0.171. The van der Waals surface area contributed by atoms with Crippen molar-refractivity contribution in [3.05, 3.63) is 66.9 Å². The summed E-state index contributed by atoms with van der Waals surface area (Å²) in [4.78, 5) is 27.2. The minimum absolute atomic E-state index is 0.00550. The Morgan fingerprint density at radius 3 is 2.47 bits per heavy atom. The normalized spacial score (nSPS) is 17.1. The van der Waals surface area contributed by atoms with E-state index in [1.165, 1.54) is 11.2 Å². The van der Waals surface area contributed by atoms with Crippen LogP contribution < -0.4 is 9.64 Å². The molecule has 1 aliphatic rings. The molecule has 1 aromatic carbocycles. The number of carbonyl (C=O) groups is 1. The summed E-state index contributed by atoms with van der Waals surface area (Å²) in [6.45, 7) is 0.746. The van der Waals surface area contributed by atoms with Gasteiger partial charge in [0.2, 0.25) is 11.8 Å². The lowest BCUT2D eigenvalue weighted by molar-refractivity contribution is -0.130. The van der Waals surface area contributed by atoms with E-state index in [0.29, 0.717) is 18.0 Å². The number of rotatable bonds is 10. The number of amides is 1. The van der Waals surface area contributed by atoms with Crippen molar-refractivity contribution in [3.8, 4) is 17.0 Å². The number of aromatic nitrogens is 3. The van der Waals surface area contributed by atoms with E-state index in [1.807, 2.05) is 32.0 Å². The molecular formula is C25H26F2N4O3. The van der Waals surface area contributed by atoms with Crippen molar-refractivity contribution in [2.24, 2.45) is 5.92 Å². The topological polar surface area (TPSA) is 77.4 Å². The summed E-state index contributed by atoms with van der Waals surface area (Å²) in [7, 11) is 0. The van der Waals surface area contributed by atoms with Gasteiger partial charge in [0.1, 0.15) is 6.33 Å². The summed E-state index contributed by atoms with van der Waals surface area (Å²) in [6, 6.07) is 12.9. The molecule has 34 heavy (non-hydrogen) atoms. The molecule has 1 saturated carbocycles. The van der Waals surface area contributed by atoms with Crippen LogP contribution in [0.3, 0.4) is 0 Å². The van der Waals surface area contributed by atoms with Crippen LogP contribution in [0.1, 0.15) is 31.9 Å². The van der Waals surface area contributed by atoms with Crippen LogP contribution in [0.2, 0.25) is 0 Å². The molecule has 0 radical (unpaired) electrons. The first-order valence-electron chi connectivity index (χ1n) is 11.1. The number of alkyl halides is 2. The average Bonchev–Trinajstić information content (AvgIpc) is 3.63. The van der Waals surface area contributed by atoms with Crippen LogP contribution >= 0.6 is 0 Å². The third-order valence-electron chi connectivity index (χ3n) is 5.52. The van der Waals surface area contributed by atoms with E-state index in [0.717, 1.165) is 16.8 Å². The van der Waals surface area contributed by atoms with E-state index < -0.39 is 6.61 Å². The predicted octanol–water partition coefficient (Wildman–Crippen LogP) is 4.70. The molecule has 7 nitrogen and oxygen atoms in total. The van der Waals surface area contributed by atoms with Gasteiger partial charge in [-0.05, 0) is 50.1 Å². The molecule has 0 N–H and O–H groups in total. The van der Waals surface area contributed by atoms with E-state index >= 15 is 0 Å². The fraction of sp³-hybridized carbons (Fsp3) is 0.360. The molecule has 0 aliphatic heterocycles. The van der Waals surface area contributed by atoms with Crippen molar-refractivity contribution in [2.75, 3.05) is 18.1 Å². The van der Waals surface area contributed by atoms with Crippen LogP contribution in [-0.2, 0) is 9.53 Å². The van der Waals surface area contributed by atoms with Gasteiger partial charge in [0.15, 0.2) is 0 Å². The first kappa shape index (κ1) is 23.7. The number of hydrogen-bond donors (Lipinski definition) is 0. The molecule has 1 fully saturated rings. The third-order valence-corrected chi connectivity index (χ3v) is 5.52. The Hall–Kier alpha value is -3.46. The number of anilines is 1. The Labute approximate surface area is 196 Å². The number of ether oxygens (including phenoxy) is 2. The lowest BCUT2D eigenvalue weighted by Gasteiger charge is -2.23. The smallest absolute Gasteiger partial charge is 0.345 e. The van der Waals surface area contributed by atoms with Gasteiger partial charge >= 0.3 is 6.61 Å². The van der Waals surface area contributed by atoms with Gasteiger partial charge in [-0.15, -0.1) is 0 Å². The maximum Gasteiger partial charge on any atom is 0.345 e. The maximum absolute atomic E-state index is 13.3. The number of hydrogen-bond acceptors (Lipinski definition) is 6. The molecule has 0 saturated heterocycles. The van der Waals surface area contributed by atoms with Crippen molar-refractivity contribution in [2.45, 2.75) is 38.9 Å². The number of halogens is 2. The van der Waals surface area contributed by atoms with Crippen molar-refractivity contribution >= 4 is 11.6 Å². The SMILES string of the molecule is CC(C)Oc1ccc(-c2ccc(N(CCOC(F)F)C(=O)[C@@H]3C[C@H]3c3ccncn3)cc2)cn1. The Kier molecular flexibility index (Phi) is 7.42. The van der Waals surface area contributed by atoms with Crippen LogP contribution in [0, 0.1) is 5.92 Å². The van der Waals surface area contributed by atoms with Crippen molar-refractivity contribution in [1.29, 1.82) is 0 Å². The van der Waals surface area contributed by atoms with Crippen LogP contribution in [-0.4, -0.2) is 46.7 Å². The van der Waals surface area contributed by atoms with Gasteiger partial charge in [0, 0.05) is 53.8 Å². The molecule has 9 heteroatoms. The highest BCUT2D eigenvalue weighted by molar-refractivity contribution is 5.97. The summed E-state index contributed by atoms with van der Waals surface area (Å²) < 4.78 is 35.1. The van der Waals surface area contributed by atoms with Crippen LogP contribution in [0.15, 0.2) is 61.2 Å². The highest BCUT2D eigenvalue weighted by Gasteiger charge is 2.47. The Morgan fingerprint density at radius 1 is 1.09 bits per heavy atom. The highest BCUT2D eigenvalue weighted by Crippen LogP contribution is 2.48. The second kappa shape index (κ2) is 10.6. The molecule has 1 amide bonds. The van der Waals surface area contributed by atoms with Gasteiger partial charge in [0.25, 0.3) is 0 Å². The van der Waals surface area contributed by atoms with Crippen molar-refractivity contribution < 1.29 is 23.0 Å². The van der Waals surface area contributed by atoms with Crippen LogP contribution in [0.4, 0.5) is 14.5 Å². The zero-order valence-electron chi connectivity index (χ0n) is 19.0. The maximum atomic E-state index is 13.3. The Morgan fingerprint density at radius 2 is 1.85 bits per heavy atom. The largest absolute Gasteiger partial charge is 0.475 e. The fourth-order valence-electron chi connectivity index (χ4n) is 3.81. The van der Waals surface area contributed by atoms with E-state index in [1.54, 1.807) is 36.7 Å². The first-order chi connectivity index (χ1) is 16.4. The van der Waals surface area contributed by atoms with Crippen molar-refractivity contribution in [3.63, 3.8) is 0 Å². The van der Waals surface area contributed by atoms with Crippen LogP contribution in [0.5, 0.6) is 5.88 Å². The molecule has 1 aliphatic carbocycles. The summed E-state index contributed by atoms with van der Waals surface area (Å²) in [6.07, 6.45) is 5.53. The van der Waals surface area contributed by atoms with Gasteiger partial charge < -0.3 is 14.4 Å². The molecule has 3 aromatic rings. The summed E-state index contributed by atoms with van der Waals surface area (Å²) in [5.41, 5.74) is 3.24. The molecule has 0 unspecified atom stereocenters. The average molecular weight is 469 g/mol. The summed E-state index contributed by atoms with van der Waals surface area (Å²) in [5, 5.41) is 0. The third kappa shape index (κ3) is 5.91. The molecule has 2 heterocycles. The standard InChI is InChI=1S/C25H26F2N4O3/c1-16(2)34-23-8-5-18(14-29-23)17-3-6-19(7-4-17)31(11-12-33-25(26)27)24(32)21-13-20(21)22-9-10-28-15-30-22/h3-10,14-16,20-21,25H,11-13H2,1-2H3/t20-,21-/m1/s1. The molecule has 2 atom stereocenters. The minimum Gasteiger partial charge on any atom is -0.475 e. The molecule has 178 valence electrons. The number of nitrogens with zero attached hydrogens (tertiary/aromatic N) is 4. The fourth-order valence-corrected chi connectivity index (χ4v) is 3.81. The zero-order chi connectivity index (χ0) is 24.1.